The van der Waals surface area contributed by atoms with Gasteiger partial charge in [-0.2, -0.15) is 0 Å². The normalized spacial score (nSPS) is 10.9. The van der Waals surface area contributed by atoms with E-state index in [4.69, 9.17) is 0 Å². The first-order valence-electron chi connectivity index (χ1n) is 4.82. The number of hydrogen-bond acceptors (Lipinski definition) is 4. The maximum Gasteiger partial charge on any atom is 0.270 e. The van der Waals surface area contributed by atoms with Crippen LogP contribution < -0.4 is 5.11 Å². The Balaban J connectivity index is 3.10. The van der Waals surface area contributed by atoms with E-state index in [1.165, 1.54) is 30.4 Å². The predicted molar refractivity (Wildman–Crippen MR) is 60.9 cm³/mol. The molecule has 0 saturated heterocycles. The van der Waals surface area contributed by atoms with E-state index in [9.17, 15) is 20.0 Å². The van der Waals surface area contributed by atoms with Gasteiger partial charge in [-0.25, -0.2) is 0 Å². The zero-order valence-electron chi connectivity index (χ0n) is 8.96. The highest BCUT2D eigenvalue weighted by molar-refractivity contribution is 5.91. The molecular weight excluding hydrogens is 222 g/mol. The second-order valence-corrected chi connectivity index (χ2v) is 3.30. The topological polar surface area (TPSA) is 83.3 Å². The molecule has 0 atom stereocenters. The Hall–Kier alpha value is -2.43. The van der Waals surface area contributed by atoms with E-state index in [-0.39, 0.29) is 17.7 Å². The van der Waals surface area contributed by atoms with Gasteiger partial charge in [0.15, 0.2) is 0 Å². The second-order valence-electron chi connectivity index (χ2n) is 3.30. The number of carboxylic acids is 1. The van der Waals surface area contributed by atoms with Gasteiger partial charge in [0.1, 0.15) is 0 Å². The maximum atomic E-state index is 10.8. The molecule has 0 aliphatic rings. The number of carboxylic acid groups (broad SMARTS) is 1. The van der Waals surface area contributed by atoms with E-state index in [0.717, 1.165) is 0 Å². The number of rotatable bonds is 5. The van der Waals surface area contributed by atoms with E-state index < -0.39 is 10.9 Å². The largest absolute Gasteiger partial charge is 0.545 e. The molecule has 17 heavy (non-hydrogen) atoms. The van der Waals surface area contributed by atoms with Crippen molar-refractivity contribution in [1.29, 1.82) is 0 Å². The summed E-state index contributed by atoms with van der Waals surface area (Å²) in [5, 5.41) is 21.3. The predicted octanol–water partition coefficient (Wildman–Crippen LogP) is 1.30. The molecular formula is C12H10NO4-. The van der Waals surface area contributed by atoms with Gasteiger partial charge in [0.05, 0.1) is 10.9 Å². The summed E-state index contributed by atoms with van der Waals surface area (Å²) in [4.78, 5) is 20.8. The van der Waals surface area contributed by atoms with Gasteiger partial charge >= 0.3 is 0 Å². The molecule has 0 N–H and O–H groups in total. The van der Waals surface area contributed by atoms with Crippen molar-refractivity contribution in [2.45, 2.75) is 6.42 Å². The molecule has 0 fully saturated rings. The molecule has 0 unspecified atom stereocenters. The fourth-order valence-electron chi connectivity index (χ4n) is 1.29. The Bertz CT molecular complexity index is 491. The third kappa shape index (κ3) is 3.57. The number of nitrogens with zero attached hydrogens (tertiary/aromatic N) is 1. The molecule has 0 amide bonds. The lowest BCUT2D eigenvalue weighted by atomic mass is 10.1. The van der Waals surface area contributed by atoms with Gasteiger partial charge in [-0.15, -0.1) is 6.58 Å². The van der Waals surface area contributed by atoms with Crippen molar-refractivity contribution in [2.75, 3.05) is 0 Å². The summed E-state index contributed by atoms with van der Waals surface area (Å²) in [6.07, 6.45) is 2.91. The van der Waals surface area contributed by atoms with Crippen molar-refractivity contribution >= 4 is 17.7 Å². The van der Waals surface area contributed by atoms with Crippen LogP contribution in [0.1, 0.15) is 12.0 Å². The lowest BCUT2D eigenvalue weighted by Gasteiger charge is -2.05. The van der Waals surface area contributed by atoms with Crippen LogP contribution >= 0.6 is 0 Å². The minimum atomic E-state index is -1.31. The highest BCUT2D eigenvalue weighted by Gasteiger charge is 2.05. The molecule has 5 heteroatoms. The van der Waals surface area contributed by atoms with Crippen molar-refractivity contribution < 1.29 is 14.8 Å². The summed E-state index contributed by atoms with van der Waals surface area (Å²) in [6.45, 7) is 3.43. The Morgan fingerprint density at radius 1 is 1.47 bits per heavy atom. The average molecular weight is 232 g/mol. The first-order valence-corrected chi connectivity index (χ1v) is 4.82. The smallest absolute Gasteiger partial charge is 0.270 e. The SMILES string of the molecule is C=CC/C(=C\c1cccc([N+](=O)[O-])c1)C(=O)[O-]. The Morgan fingerprint density at radius 3 is 2.71 bits per heavy atom. The van der Waals surface area contributed by atoms with Gasteiger partial charge in [0.2, 0.25) is 0 Å². The third-order valence-electron chi connectivity index (χ3n) is 2.05. The van der Waals surface area contributed by atoms with Crippen LogP contribution in [0, 0.1) is 10.1 Å². The van der Waals surface area contributed by atoms with Crippen molar-refractivity contribution in [1.82, 2.24) is 0 Å². The molecule has 0 aliphatic carbocycles. The van der Waals surface area contributed by atoms with Crippen molar-refractivity contribution in [3.63, 3.8) is 0 Å². The number of carbonyl (C=O) groups is 1. The molecule has 1 aromatic carbocycles. The van der Waals surface area contributed by atoms with Crippen LogP contribution in [0.5, 0.6) is 0 Å². The maximum absolute atomic E-state index is 10.8. The molecule has 88 valence electrons. The van der Waals surface area contributed by atoms with Crippen LogP contribution in [0.2, 0.25) is 0 Å². The summed E-state index contributed by atoms with van der Waals surface area (Å²) in [6, 6.07) is 5.71. The number of non-ortho nitro benzene ring substituents is 1. The van der Waals surface area contributed by atoms with Crippen LogP contribution in [-0.2, 0) is 4.79 Å². The van der Waals surface area contributed by atoms with E-state index >= 15 is 0 Å². The van der Waals surface area contributed by atoms with E-state index in [1.54, 1.807) is 6.07 Å². The molecule has 0 radical (unpaired) electrons. The molecule has 1 rings (SSSR count). The zero-order chi connectivity index (χ0) is 12.8. The number of allylic oxidation sites excluding steroid dienone is 1. The Kier molecular flexibility index (Phi) is 4.16. The third-order valence-corrected chi connectivity index (χ3v) is 2.05. The fraction of sp³-hybridized carbons (Fsp3) is 0.0833. The number of aliphatic carboxylic acids is 1. The van der Waals surface area contributed by atoms with Gasteiger partial charge in [0.25, 0.3) is 5.69 Å². The van der Waals surface area contributed by atoms with Gasteiger partial charge in [-0.3, -0.25) is 10.1 Å². The summed E-state index contributed by atoms with van der Waals surface area (Å²) in [5.41, 5.74) is 0.385. The Morgan fingerprint density at radius 2 is 2.18 bits per heavy atom. The summed E-state index contributed by atoms with van der Waals surface area (Å²) in [7, 11) is 0. The molecule has 1 aromatic rings. The van der Waals surface area contributed by atoms with Crippen molar-refractivity contribution in [3.8, 4) is 0 Å². The van der Waals surface area contributed by atoms with Crippen LogP contribution in [-0.4, -0.2) is 10.9 Å². The number of nitro groups is 1. The van der Waals surface area contributed by atoms with Gasteiger partial charge in [-0.1, -0.05) is 18.2 Å². The fourth-order valence-corrected chi connectivity index (χ4v) is 1.29. The molecule has 0 aromatic heterocycles. The highest BCUT2D eigenvalue weighted by atomic mass is 16.6. The number of hydrogen-bond donors (Lipinski definition) is 0. The van der Waals surface area contributed by atoms with Crippen LogP contribution in [0.4, 0.5) is 5.69 Å². The van der Waals surface area contributed by atoms with Crippen LogP contribution in [0.15, 0.2) is 42.5 Å². The standard InChI is InChI=1S/C12H11NO4/c1-2-4-10(12(14)15)7-9-5-3-6-11(8-9)13(16)17/h2-3,5-8H,1,4H2,(H,14,15)/p-1/b10-7+. The lowest BCUT2D eigenvalue weighted by Crippen LogP contribution is -2.24. The molecule has 0 spiro atoms. The summed E-state index contributed by atoms with van der Waals surface area (Å²) >= 11 is 0. The molecule has 0 heterocycles. The molecule has 0 bridgehead atoms. The summed E-state index contributed by atoms with van der Waals surface area (Å²) in [5.74, 6) is -1.31. The lowest BCUT2D eigenvalue weighted by molar-refractivity contribution is -0.384. The van der Waals surface area contributed by atoms with E-state index in [0.29, 0.717) is 5.56 Å². The highest BCUT2D eigenvalue weighted by Crippen LogP contribution is 2.16. The summed E-state index contributed by atoms with van der Waals surface area (Å²) < 4.78 is 0. The van der Waals surface area contributed by atoms with Crippen LogP contribution in [0.25, 0.3) is 6.08 Å². The zero-order valence-corrected chi connectivity index (χ0v) is 8.96. The number of benzene rings is 1. The Labute approximate surface area is 97.9 Å². The van der Waals surface area contributed by atoms with Crippen molar-refractivity contribution in [2.24, 2.45) is 0 Å². The number of nitro benzene ring substituents is 1. The van der Waals surface area contributed by atoms with Crippen LogP contribution in [0.3, 0.4) is 0 Å². The first-order chi connectivity index (χ1) is 8.04. The molecule has 0 saturated carbocycles. The van der Waals surface area contributed by atoms with Gasteiger partial charge in [-0.05, 0) is 23.6 Å². The quantitative estimate of drug-likeness (QED) is 0.331. The first kappa shape index (κ1) is 12.6. The monoisotopic (exact) mass is 232 g/mol. The van der Waals surface area contributed by atoms with Gasteiger partial charge in [0, 0.05) is 12.1 Å². The average Bonchev–Trinajstić information content (AvgIpc) is 2.28. The molecule has 5 nitrogen and oxygen atoms in total. The van der Waals surface area contributed by atoms with E-state index in [2.05, 4.69) is 6.58 Å². The van der Waals surface area contributed by atoms with Crippen molar-refractivity contribution in [3.05, 3.63) is 58.2 Å². The minimum Gasteiger partial charge on any atom is -0.545 e. The second kappa shape index (κ2) is 5.60. The molecule has 0 aliphatic heterocycles. The van der Waals surface area contributed by atoms with Gasteiger partial charge < -0.3 is 9.90 Å². The minimum absolute atomic E-state index is 0.0282. The number of carbonyl (C=O) groups excluding carboxylic acids is 1. The van der Waals surface area contributed by atoms with E-state index in [1.807, 2.05) is 0 Å².